The molecule has 1 heterocycles. The molecule has 4 heteroatoms. The molecule has 0 atom stereocenters. The van der Waals surface area contributed by atoms with Crippen LogP contribution in [-0.2, 0) is 6.42 Å². The number of rotatable bonds is 2. The maximum absolute atomic E-state index is 12.9. The Balaban J connectivity index is 2.50. The van der Waals surface area contributed by atoms with Crippen LogP contribution in [0.2, 0.25) is 5.15 Å². The average molecular weight is 235 g/mol. The monoisotopic (exact) mass is 234 g/mol. The molecule has 16 heavy (non-hydrogen) atoms. The lowest BCUT2D eigenvalue weighted by atomic mass is 10.1. The molecule has 1 aromatic heterocycles. The fraction of sp³-hybridized carbons (Fsp3) is 0.167. The third kappa shape index (κ3) is 2.12. The molecule has 0 spiro atoms. The van der Waals surface area contributed by atoms with Gasteiger partial charge < -0.3 is 0 Å². The zero-order valence-corrected chi connectivity index (χ0v) is 9.13. The van der Waals surface area contributed by atoms with Crippen molar-refractivity contribution in [3.8, 4) is 6.07 Å². The van der Waals surface area contributed by atoms with E-state index in [1.165, 1.54) is 12.1 Å². The Bertz CT molecular complexity index is 575. The Kier molecular flexibility index (Phi) is 3.02. The van der Waals surface area contributed by atoms with Crippen LogP contribution in [0.5, 0.6) is 0 Å². The molecule has 0 amide bonds. The van der Waals surface area contributed by atoms with Crippen LogP contribution in [-0.4, -0.2) is 4.98 Å². The van der Waals surface area contributed by atoms with Crippen LogP contribution in [0, 0.1) is 17.1 Å². The van der Waals surface area contributed by atoms with E-state index in [1.54, 1.807) is 6.07 Å². The van der Waals surface area contributed by atoms with E-state index in [0.29, 0.717) is 23.5 Å². The van der Waals surface area contributed by atoms with Crippen molar-refractivity contribution in [2.75, 3.05) is 0 Å². The normalized spacial score (nSPS) is 10.3. The third-order valence-corrected chi connectivity index (χ3v) is 2.64. The smallest absolute Gasteiger partial charge is 0.133 e. The molecule has 0 saturated carbocycles. The van der Waals surface area contributed by atoms with E-state index < -0.39 is 0 Å². The number of benzene rings is 1. The van der Waals surface area contributed by atoms with Gasteiger partial charge in [0.25, 0.3) is 0 Å². The van der Waals surface area contributed by atoms with Gasteiger partial charge >= 0.3 is 0 Å². The van der Waals surface area contributed by atoms with Crippen molar-refractivity contribution in [2.45, 2.75) is 12.8 Å². The molecule has 0 aliphatic rings. The van der Waals surface area contributed by atoms with Crippen molar-refractivity contribution in [3.05, 3.63) is 40.8 Å². The largest absolute Gasteiger partial charge is 0.236 e. The minimum Gasteiger partial charge on any atom is -0.236 e. The second kappa shape index (κ2) is 4.46. The highest BCUT2D eigenvalue weighted by Gasteiger charge is 2.05. The summed E-state index contributed by atoms with van der Waals surface area (Å²) in [6, 6.07) is 8.28. The molecular formula is C12H8ClFN2. The summed E-state index contributed by atoms with van der Waals surface area (Å²) in [5.74, 6) is -0.333. The summed E-state index contributed by atoms with van der Waals surface area (Å²) in [5, 5.41) is 9.68. The Hall–Kier alpha value is -1.66. The van der Waals surface area contributed by atoms with Gasteiger partial charge in [0.1, 0.15) is 11.0 Å². The second-order valence-corrected chi connectivity index (χ2v) is 3.79. The first-order chi connectivity index (χ1) is 7.70. The summed E-state index contributed by atoms with van der Waals surface area (Å²) in [7, 11) is 0. The van der Waals surface area contributed by atoms with E-state index >= 15 is 0 Å². The molecule has 0 aliphatic heterocycles. The summed E-state index contributed by atoms with van der Waals surface area (Å²) in [6.45, 7) is 0. The summed E-state index contributed by atoms with van der Waals surface area (Å²) >= 11 is 5.95. The molecule has 0 aliphatic carbocycles. The van der Waals surface area contributed by atoms with Gasteiger partial charge in [0.15, 0.2) is 0 Å². The molecule has 0 unspecified atom stereocenters. The molecule has 0 bridgehead atoms. The molecule has 80 valence electrons. The highest BCUT2D eigenvalue weighted by atomic mass is 35.5. The van der Waals surface area contributed by atoms with Gasteiger partial charge in [-0.2, -0.15) is 5.26 Å². The van der Waals surface area contributed by atoms with Gasteiger partial charge in [-0.05, 0) is 30.2 Å². The van der Waals surface area contributed by atoms with Crippen molar-refractivity contribution in [1.82, 2.24) is 4.98 Å². The van der Waals surface area contributed by atoms with Crippen LogP contribution in [0.15, 0.2) is 24.3 Å². The van der Waals surface area contributed by atoms with Crippen LogP contribution < -0.4 is 0 Å². The number of pyridine rings is 1. The van der Waals surface area contributed by atoms with E-state index in [4.69, 9.17) is 16.9 Å². The number of hydrogen-bond acceptors (Lipinski definition) is 2. The van der Waals surface area contributed by atoms with Crippen molar-refractivity contribution >= 4 is 22.5 Å². The molecule has 0 saturated heterocycles. The fourth-order valence-corrected chi connectivity index (χ4v) is 1.77. The number of halogens is 2. The maximum atomic E-state index is 12.9. The molecule has 0 fully saturated rings. The number of nitriles is 1. The topological polar surface area (TPSA) is 36.7 Å². The van der Waals surface area contributed by atoms with E-state index in [2.05, 4.69) is 11.1 Å². The molecule has 2 rings (SSSR count). The summed E-state index contributed by atoms with van der Waals surface area (Å²) in [6.07, 6.45) is 0.962. The summed E-state index contributed by atoms with van der Waals surface area (Å²) < 4.78 is 12.9. The summed E-state index contributed by atoms with van der Waals surface area (Å²) in [5.41, 5.74) is 1.35. The Morgan fingerprint density at radius 2 is 2.19 bits per heavy atom. The first kappa shape index (κ1) is 10.8. The van der Waals surface area contributed by atoms with Crippen molar-refractivity contribution in [2.24, 2.45) is 0 Å². The number of aryl methyl sites for hydroxylation is 1. The van der Waals surface area contributed by atoms with Crippen molar-refractivity contribution < 1.29 is 4.39 Å². The van der Waals surface area contributed by atoms with Gasteiger partial charge in [-0.15, -0.1) is 0 Å². The zero-order valence-electron chi connectivity index (χ0n) is 8.37. The van der Waals surface area contributed by atoms with Crippen molar-refractivity contribution in [1.29, 1.82) is 5.26 Å². The Labute approximate surface area is 97.3 Å². The lowest BCUT2D eigenvalue weighted by Crippen LogP contribution is -1.91. The average Bonchev–Trinajstić information content (AvgIpc) is 2.26. The van der Waals surface area contributed by atoms with Gasteiger partial charge in [0, 0.05) is 17.9 Å². The van der Waals surface area contributed by atoms with Crippen LogP contribution >= 0.6 is 11.6 Å². The predicted octanol–water partition coefficient (Wildman–Crippen LogP) is 3.48. The zero-order chi connectivity index (χ0) is 11.5. The predicted molar refractivity (Wildman–Crippen MR) is 60.6 cm³/mol. The van der Waals surface area contributed by atoms with Crippen LogP contribution in [0.1, 0.15) is 12.0 Å². The van der Waals surface area contributed by atoms with Crippen molar-refractivity contribution in [3.63, 3.8) is 0 Å². The van der Waals surface area contributed by atoms with Gasteiger partial charge in [-0.1, -0.05) is 11.6 Å². The highest BCUT2D eigenvalue weighted by Crippen LogP contribution is 2.22. The lowest BCUT2D eigenvalue weighted by Gasteiger charge is -2.04. The SMILES string of the molecule is N#CCCc1cc2ccc(F)cc2nc1Cl. The highest BCUT2D eigenvalue weighted by molar-refractivity contribution is 6.30. The molecule has 2 aromatic rings. The number of aromatic nitrogens is 1. The summed E-state index contributed by atoms with van der Waals surface area (Å²) in [4.78, 5) is 4.11. The van der Waals surface area contributed by atoms with E-state index in [9.17, 15) is 4.39 Å². The standard InChI is InChI=1S/C12H8ClFN2/c13-12-9(2-1-5-15)6-8-3-4-10(14)7-11(8)16-12/h3-4,6-7H,1-2H2. The first-order valence-corrected chi connectivity index (χ1v) is 5.20. The van der Waals surface area contributed by atoms with Gasteiger partial charge in [-0.25, -0.2) is 9.37 Å². The molecule has 1 aromatic carbocycles. The Morgan fingerprint density at radius 3 is 2.94 bits per heavy atom. The molecular weight excluding hydrogens is 227 g/mol. The van der Waals surface area contributed by atoms with E-state index in [-0.39, 0.29) is 5.82 Å². The number of hydrogen-bond donors (Lipinski definition) is 0. The number of fused-ring (bicyclic) bond motifs is 1. The third-order valence-electron chi connectivity index (χ3n) is 2.31. The van der Waals surface area contributed by atoms with E-state index in [1.807, 2.05) is 6.07 Å². The van der Waals surface area contributed by atoms with E-state index in [0.717, 1.165) is 10.9 Å². The molecule has 0 N–H and O–H groups in total. The minimum absolute atomic E-state index is 0.333. The van der Waals surface area contributed by atoms with Crippen LogP contribution in [0.25, 0.3) is 10.9 Å². The van der Waals surface area contributed by atoms with Gasteiger partial charge in [0.2, 0.25) is 0 Å². The molecule has 0 radical (unpaired) electrons. The molecule has 2 nitrogen and oxygen atoms in total. The number of nitrogens with zero attached hydrogens (tertiary/aromatic N) is 2. The Morgan fingerprint density at radius 1 is 1.38 bits per heavy atom. The van der Waals surface area contributed by atoms with Crippen LogP contribution in [0.4, 0.5) is 4.39 Å². The van der Waals surface area contributed by atoms with Gasteiger partial charge in [-0.3, -0.25) is 0 Å². The van der Waals surface area contributed by atoms with Crippen LogP contribution in [0.3, 0.4) is 0 Å². The maximum Gasteiger partial charge on any atom is 0.133 e. The lowest BCUT2D eigenvalue weighted by molar-refractivity contribution is 0.629. The van der Waals surface area contributed by atoms with Gasteiger partial charge in [0.05, 0.1) is 11.6 Å². The first-order valence-electron chi connectivity index (χ1n) is 4.82. The minimum atomic E-state index is -0.333. The fourth-order valence-electron chi connectivity index (χ4n) is 1.53. The second-order valence-electron chi connectivity index (χ2n) is 3.43. The quantitative estimate of drug-likeness (QED) is 0.746.